The summed E-state index contributed by atoms with van der Waals surface area (Å²) in [7, 11) is -2.65. The Bertz CT molecular complexity index is 1380. The quantitative estimate of drug-likeness (QED) is 0.317. The van der Waals surface area contributed by atoms with E-state index in [1.54, 1.807) is 12.1 Å². The van der Waals surface area contributed by atoms with Gasteiger partial charge in [0.15, 0.2) is 0 Å². The smallest absolute Gasteiger partial charge is 0.269 e. The van der Waals surface area contributed by atoms with Gasteiger partial charge in [-0.05, 0) is 66.7 Å². The van der Waals surface area contributed by atoms with E-state index in [-0.39, 0.29) is 21.2 Å². The molecule has 4 N–H and O–H groups in total. The standard InChI is InChI=1S/C23H20Cl2N4O6S/c1-35-18-9-2-14(3-10-18)22(31)26-13-21(30)27-28-23(32)15-4-11-19(25)20(12-15)36(33,34)29-17-7-5-16(24)6-8-17/h2-12,29H,13H2,1H3,(H,26,31)(H,27,30)(H,28,32). The van der Waals surface area contributed by atoms with Gasteiger partial charge in [0.05, 0.1) is 18.7 Å². The molecule has 0 aliphatic carbocycles. The van der Waals surface area contributed by atoms with Crippen molar-refractivity contribution < 1.29 is 27.5 Å². The number of nitrogens with one attached hydrogen (secondary N) is 4. The largest absolute Gasteiger partial charge is 0.497 e. The number of carbonyl (C=O) groups excluding carboxylic acids is 3. The molecule has 0 aromatic heterocycles. The first kappa shape index (κ1) is 26.8. The number of hydrazine groups is 1. The van der Waals surface area contributed by atoms with E-state index in [0.717, 1.165) is 6.07 Å². The minimum absolute atomic E-state index is 0.0848. The summed E-state index contributed by atoms with van der Waals surface area (Å²) in [6, 6.07) is 15.8. The second-order valence-corrected chi connectivity index (χ2v) is 9.67. The molecule has 0 aliphatic heterocycles. The molecule has 188 valence electrons. The molecule has 3 rings (SSSR count). The van der Waals surface area contributed by atoms with Crippen LogP contribution >= 0.6 is 23.2 Å². The zero-order valence-electron chi connectivity index (χ0n) is 18.7. The third-order valence-corrected chi connectivity index (χ3v) is 6.77. The van der Waals surface area contributed by atoms with Crippen LogP contribution < -0.4 is 25.6 Å². The van der Waals surface area contributed by atoms with Gasteiger partial charge in [-0.3, -0.25) is 30.0 Å². The summed E-state index contributed by atoms with van der Waals surface area (Å²) in [6.45, 7) is -0.420. The molecule has 3 aromatic carbocycles. The number of benzene rings is 3. The lowest BCUT2D eigenvalue weighted by Gasteiger charge is -2.12. The van der Waals surface area contributed by atoms with Crippen LogP contribution in [-0.2, 0) is 14.8 Å². The molecule has 13 heteroatoms. The van der Waals surface area contributed by atoms with Crippen molar-refractivity contribution in [2.75, 3.05) is 18.4 Å². The Kier molecular flexibility index (Phi) is 8.75. The van der Waals surface area contributed by atoms with Crippen molar-refractivity contribution >= 4 is 56.6 Å². The van der Waals surface area contributed by atoms with E-state index < -0.39 is 34.3 Å². The molecule has 0 heterocycles. The average Bonchev–Trinajstić information content (AvgIpc) is 2.87. The van der Waals surface area contributed by atoms with Gasteiger partial charge >= 0.3 is 0 Å². The molecule has 0 fully saturated rings. The molecule has 3 aromatic rings. The monoisotopic (exact) mass is 550 g/mol. The number of hydrogen-bond donors (Lipinski definition) is 4. The third-order valence-electron chi connectivity index (χ3n) is 4.66. The van der Waals surface area contributed by atoms with Crippen molar-refractivity contribution in [1.29, 1.82) is 0 Å². The lowest BCUT2D eigenvalue weighted by molar-refractivity contribution is -0.120. The SMILES string of the molecule is COc1ccc(C(=O)NCC(=O)NNC(=O)c2ccc(Cl)c(S(=O)(=O)Nc3ccc(Cl)cc3)c2)cc1. The second kappa shape index (κ2) is 11.8. The first-order valence-electron chi connectivity index (χ1n) is 10.2. The van der Waals surface area contributed by atoms with Crippen LogP contribution in [0.1, 0.15) is 20.7 Å². The fraction of sp³-hybridized carbons (Fsp3) is 0.0870. The molecule has 0 atom stereocenters. The maximum atomic E-state index is 12.8. The summed E-state index contributed by atoms with van der Waals surface area (Å²) in [5.41, 5.74) is 4.77. The Morgan fingerprint density at radius 2 is 1.47 bits per heavy atom. The van der Waals surface area contributed by atoms with Gasteiger partial charge in [-0.25, -0.2) is 8.42 Å². The van der Waals surface area contributed by atoms with Gasteiger partial charge in [0.2, 0.25) is 0 Å². The first-order chi connectivity index (χ1) is 17.1. The number of amides is 3. The minimum Gasteiger partial charge on any atom is -0.497 e. The van der Waals surface area contributed by atoms with Crippen molar-refractivity contribution in [3.63, 3.8) is 0 Å². The van der Waals surface area contributed by atoms with Crippen molar-refractivity contribution in [2.24, 2.45) is 0 Å². The first-order valence-corrected chi connectivity index (χ1v) is 12.4. The molecule has 0 unspecified atom stereocenters. The number of halogens is 2. The molecule has 0 spiro atoms. The predicted molar refractivity (Wildman–Crippen MR) is 135 cm³/mol. The van der Waals surface area contributed by atoms with Crippen LogP contribution in [0.5, 0.6) is 5.75 Å². The lowest BCUT2D eigenvalue weighted by atomic mass is 10.2. The number of hydrogen-bond acceptors (Lipinski definition) is 6. The van der Waals surface area contributed by atoms with Gasteiger partial charge in [-0.15, -0.1) is 0 Å². The second-order valence-electron chi connectivity index (χ2n) is 7.17. The predicted octanol–water partition coefficient (Wildman–Crippen LogP) is 2.99. The van der Waals surface area contributed by atoms with Gasteiger partial charge in [0.1, 0.15) is 10.6 Å². The van der Waals surface area contributed by atoms with Crippen LogP contribution in [-0.4, -0.2) is 39.8 Å². The Morgan fingerprint density at radius 3 is 2.11 bits per heavy atom. The summed E-state index contributed by atoms with van der Waals surface area (Å²) in [4.78, 5) is 36.3. The van der Waals surface area contributed by atoms with Crippen molar-refractivity contribution in [2.45, 2.75) is 4.90 Å². The molecule has 0 radical (unpaired) electrons. The van der Waals surface area contributed by atoms with Gasteiger partial charge in [-0.2, -0.15) is 0 Å². The highest BCUT2D eigenvalue weighted by molar-refractivity contribution is 7.92. The molecule has 0 saturated carbocycles. The number of methoxy groups -OCH3 is 1. The summed E-state index contributed by atoms with van der Waals surface area (Å²) in [5.74, 6) is -1.44. The summed E-state index contributed by atoms with van der Waals surface area (Å²) in [5, 5.41) is 2.72. The molecule has 36 heavy (non-hydrogen) atoms. The van der Waals surface area contributed by atoms with E-state index in [1.807, 2.05) is 0 Å². The number of carbonyl (C=O) groups is 3. The van der Waals surface area contributed by atoms with Gasteiger partial charge in [-0.1, -0.05) is 23.2 Å². The van der Waals surface area contributed by atoms with Gasteiger partial charge in [0.25, 0.3) is 27.7 Å². The van der Waals surface area contributed by atoms with Crippen LogP contribution in [0, 0.1) is 0 Å². The fourth-order valence-electron chi connectivity index (χ4n) is 2.83. The highest BCUT2D eigenvalue weighted by Gasteiger charge is 2.21. The maximum absolute atomic E-state index is 12.8. The van der Waals surface area contributed by atoms with Crippen LogP contribution in [0.2, 0.25) is 10.0 Å². The van der Waals surface area contributed by atoms with Crippen LogP contribution in [0.15, 0.2) is 71.6 Å². The molecule has 0 bridgehead atoms. The number of rotatable bonds is 8. The van der Waals surface area contributed by atoms with Crippen LogP contribution in [0.3, 0.4) is 0 Å². The maximum Gasteiger partial charge on any atom is 0.269 e. The molecule has 0 saturated heterocycles. The molecule has 0 aliphatic rings. The van der Waals surface area contributed by atoms with Gasteiger partial charge < -0.3 is 10.1 Å². The highest BCUT2D eigenvalue weighted by atomic mass is 35.5. The molecular formula is C23H20Cl2N4O6S. The van der Waals surface area contributed by atoms with Crippen LogP contribution in [0.4, 0.5) is 5.69 Å². The Labute approximate surface area is 217 Å². The molecule has 10 nitrogen and oxygen atoms in total. The zero-order chi connectivity index (χ0) is 26.3. The fourth-order valence-corrected chi connectivity index (χ4v) is 4.54. The van der Waals surface area contributed by atoms with E-state index in [2.05, 4.69) is 20.9 Å². The average molecular weight is 551 g/mol. The minimum atomic E-state index is -4.14. The van der Waals surface area contributed by atoms with Crippen LogP contribution in [0.25, 0.3) is 0 Å². The van der Waals surface area contributed by atoms with E-state index in [1.165, 1.54) is 55.6 Å². The van der Waals surface area contributed by atoms with Crippen molar-refractivity contribution in [3.8, 4) is 5.75 Å². The lowest BCUT2D eigenvalue weighted by Crippen LogP contribution is -2.46. The molecular weight excluding hydrogens is 531 g/mol. The van der Waals surface area contributed by atoms with Crippen molar-refractivity contribution in [3.05, 3.63) is 87.9 Å². The third kappa shape index (κ3) is 7.11. The van der Waals surface area contributed by atoms with E-state index >= 15 is 0 Å². The highest BCUT2D eigenvalue weighted by Crippen LogP contribution is 2.25. The number of ether oxygens (including phenoxy) is 1. The normalized spacial score (nSPS) is 10.8. The Morgan fingerprint density at radius 1 is 0.833 bits per heavy atom. The summed E-state index contributed by atoms with van der Waals surface area (Å²) >= 11 is 11.9. The number of sulfonamides is 1. The molecule has 3 amide bonds. The van der Waals surface area contributed by atoms with E-state index in [4.69, 9.17) is 27.9 Å². The topological polar surface area (TPSA) is 143 Å². The summed E-state index contributed by atoms with van der Waals surface area (Å²) in [6.07, 6.45) is 0. The Balaban J connectivity index is 1.58. The summed E-state index contributed by atoms with van der Waals surface area (Å²) < 4.78 is 32.9. The number of anilines is 1. The van der Waals surface area contributed by atoms with E-state index in [9.17, 15) is 22.8 Å². The van der Waals surface area contributed by atoms with Gasteiger partial charge in [0, 0.05) is 21.8 Å². The Hall–Kier alpha value is -3.80. The van der Waals surface area contributed by atoms with E-state index in [0.29, 0.717) is 16.3 Å². The van der Waals surface area contributed by atoms with Crippen molar-refractivity contribution in [1.82, 2.24) is 16.2 Å². The zero-order valence-corrected chi connectivity index (χ0v) is 21.0.